The van der Waals surface area contributed by atoms with E-state index >= 15 is 0 Å². The van der Waals surface area contributed by atoms with Gasteiger partial charge in [-0.3, -0.25) is 9.59 Å². The molecule has 0 bridgehead atoms. The van der Waals surface area contributed by atoms with Crippen LogP contribution in [0.15, 0.2) is 57.5 Å². The topological polar surface area (TPSA) is 72.2 Å². The normalized spacial score (nSPS) is 10.6. The van der Waals surface area contributed by atoms with Crippen LogP contribution in [0.4, 0.5) is 5.69 Å². The van der Waals surface area contributed by atoms with E-state index in [1.54, 1.807) is 36.4 Å². The molecule has 4 nitrogen and oxygen atoms in total. The molecule has 0 aliphatic carbocycles. The molecule has 2 aromatic rings. The number of hydrogen-bond donors (Lipinski definition) is 2. The van der Waals surface area contributed by atoms with Crippen molar-refractivity contribution < 1.29 is 9.59 Å². The first-order chi connectivity index (χ1) is 10.5. The summed E-state index contributed by atoms with van der Waals surface area (Å²) in [6.07, 6.45) is 3.08. The van der Waals surface area contributed by atoms with E-state index in [2.05, 4.69) is 37.2 Å². The lowest BCUT2D eigenvalue weighted by Crippen LogP contribution is -2.10. The van der Waals surface area contributed by atoms with Gasteiger partial charge >= 0.3 is 0 Å². The van der Waals surface area contributed by atoms with Crippen molar-refractivity contribution in [1.82, 2.24) is 0 Å². The second-order valence-electron chi connectivity index (χ2n) is 4.43. The molecule has 0 unspecified atom stereocenters. The maximum atomic E-state index is 11.9. The fourth-order valence-corrected chi connectivity index (χ4v) is 2.40. The van der Waals surface area contributed by atoms with Crippen LogP contribution in [0.3, 0.4) is 0 Å². The summed E-state index contributed by atoms with van der Waals surface area (Å²) in [5.41, 5.74) is 7.07. The number of halogens is 2. The maximum Gasteiger partial charge on any atom is 0.248 e. The van der Waals surface area contributed by atoms with E-state index < -0.39 is 5.91 Å². The van der Waals surface area contributed by atoms with E-state index in [-0.39, 0.29) is 5.91 Å². The van der Waals surface area contributed by atoms with Crippen LogP contribution < -0.4 is 11.1 Å². The lowest BCUT2D eigenvalue weighted by Gasteiger charge is -2.05. The molecule has 6 heteroatoms. The summed E-state index contributed by atoms with van der Waals surface area (Å²) in [6, 6.07) is 12.2. The fourth-order valence-electron chi connectivity index (χ4n) is 1.70. The molecule has 22 heavy (non-hydrogen) atoms. The molecule has 0 aliphatic rings. The van der Waals surface area contributed by atoms with E-state index in [9.17, 15) is 9.59 Å². The minimum absolute atomic E-state index is 0.252. The molecule has 0 saturated carbocycles. The Morgan fingerprint density at radius 3 is 2.36 bits per heavy atom. The van der Waals surface area contributed by atoms with Crippen LogP contribution in [-0.2, 0) is 4.79 Å². The predicted molar refractivity (Wildman–Crippen MR) is 94.5 cm³/mol. The first kappa shape index (κ1) is 16.5. The van der Waals surface area contributed by atoms with Gasteiger partial charge in [-0.1, -0.05) is 28.1 Å². The van der Waals surface area contributed by atoms with Crippen LogP contribution >= 0.6 is 31.9 Å². The Labute approximate surface area is 144 Å². The summed E-state index contributed by atoms with van der Waals surface area (Å²) in [5, 5.41) is 2.77. The Morgan fingerprint density at radius 1 is 1.05 bits per heavy atom. The van der Waals surface area contributed by atoms with E-state index in [1.807, 2.05) is 12.1 Å². The smallest absolute Gasteiger partial charge is 0.248 e. The molecule has 2 amide bonds. The minimum Gasteiger partial charge on any atom is -0.366 e. The molecule has 2 aromatic carbocycles. The van der Waals surface area contributed by atoms with Gasteiger partial charge in [-0.2, -0.15) is 0 Å². The lowest BCUT2D eigenvalue weighted by molar-refractivity contribution is -0.111. The molecule has 0 radical (unpaired) electrons. The Balaban J connectivity index is 2.05. The molecule has 3 N–H and O–H groups in total. The first-order valence-electron chi connectivity index (χ1n) is 6.29. The average Bonchev–Trinajstić information content (AvgIpc) is 2.49. The van der Waals surface area contributed by atoms with Crippen LogP contribution in [0.5, 0.6) is 0 Å². The quantitative estimate of drug-likeness (QED) is 0.730. The van der Waals surface area contributed by atoms with Gasteiger partial charge < -0.3 is 11.1 Å². The standard InChI is InChI=1S/C16H12Br2N2O2/c17-12-6-7-13(18)14(9-12)20-15(21)8-3-10-1-4-11(5-2-10)16(19)22/h1-9H,(H2,19,22)(H,20,21)/b8-3+. The molecule has 0 spiro atoms. The van der Waals surface area contributed by atoms with Gasteiger partial charge in [0.05, 0.1) is 5.69 Å². The van der Waals surface area contributed by atoms with Crippen molar-refractivity contribution >= 4 is 55.4 Å². The van der Waals surface area contributed by atoms with Crippen LogP contribution in [0.2, 0.25) is 0 Å². The second kappa shape index (κ2) is 7.38. The van der Waals surface area contributed by atoms with Gasteiger partial charge in [0.1, 0.15) is 0 Å². The molecule has 0 fully saturated rings. The number of anilines is 1. The third kappa shape index (κ3) is 4.54. The number of primary amides is 1. The van der Waals surface area contributed by atoms with E-state index in [1.165, 1.54) is 6.08 Å². The fraction of sp³-hybridized carbons (Fsp3) is 0. The van der Waals surface area contributed by atoms with Crippen molar-refractivity contribution in [2.24, 2.45) is 5.73 Å². The number of nitrogens with one attached hydrogen (secondary N) is 1. The Bertz CT molecular complexity index is 740. The SMILES string of the molecule is NC(=O)c1ccc(/C=C/C(=O)Nc2cc(Br)ccc2Br)cc1. The number of carbonyl (C=O) groups is 2. The van der Waals surface area contributed by atoms with Crippen LogP contribution in [0.1, 0.15) is 15.9 Å². The van der Waals surface area contributed by atoms with E-state index in [0.29, 0.717) is 11.3 Å². The van der Waals surface area contributed by atoms with Crippen molar-refractivity contribution in [1.29, 1.82) is 0 Å². The van der Waals surface area contributed by atoms with Crippen molar-refractivity contribution in [2.75, 3.05) is 5.32 Å². The van der Waals surface area contributed by atoms with Crippen molar-refractivity contribution in [3.05, 3.63) is 68.6 Å². The highest BCUT2D eigenvalue weighted by molar-refractivity contribution is 9.11. The zero-order chi connectivity index (χ0) is 16.1. The number of benzene rings is 2. The van der Waals surface area contributed by atoms with Crippen molar-refractivity contribution in [2.45, 2.75) is 0 Å². The van der Waals surface area contributed by atoms with Gasteiger partial charge in [-0.25, -0.2) is 0 Å². The van der Waals surface area contributed by atoms with Crippen LogP contribution in [0.25, 0.3) is 6.08 Å². The van der Waals surface area contributed by atoms with Gasteiger partial charge in [0.25, 0.3) is 0 Å². The van der Waals surface area contributed by atoms with Crippen molar-refractivity contribution in [3.8, 4) is 0 Å². The Kier molecular flexibility index (Phi) is 5.51. The van der Waals surface area contributed by atoms with Gasteiger partial charge in [0.15, 0.2) is 0 Å². The van der Waals surface area contributed by atoms with Gasteiger partial charge in [0, 0.05) is 20.6 Å². The molecular weight excluding hydrogens is 412 g/mol. The van der Waals surface area contributed by atoms with E-state index in [4.69, 9.17) is 5.73 Å². The number of nitrogens with two attached hydrogens (primary N) is 1. The van der Waals surface area contributed by atoms with E-state index in [0.717, 1.165) is 14.5 Å². The molecule has 0 aromatic heterocycles. The highest BCUT2D eigenvalue weighted by atomic mass is 79.9. The molecule has 0 aliphatic heterocycles. The monoisotopic (exact) mass is 422 g/mol. The highest BCUT2D eigenvalue weighted by Gasteiger charge is 2.04. The predicted octanol–water partition coefficient (Wildman–Crippen LogP) is 3.96. The van der Waals surface area contributed by atoms with Crippen LogP contribution in [-0.4, -0.2) is 11.8 Å². The van der Waals surface area contributed by atoms with Gasteiger partial charge in [-0.15, -0.1) is 0 Å². The van der Waals surface area contributed by atoms with Crippen molar-refractivity contribution in [3.63, 3.8) is 0 Å². The summed E-state index contributed by atoms with van der Waals surface area (Å²) < 4.78 is 1.67. The molecule has 0 atom stereocenters. The Morgan fingerprint density at radius 2 is 1.73 bits per heavy atom. The third-order valence-corrected chi connectivity index (χ3v) is 3.99. The average molecular weight is 424 g/mol. The molecular formula is C16H12Br2N2O2. The minimum atomic E-state index is -0.479. The number of hydrogen-bond acceptors (Lipinski definition) is 2. The number of carbonyl (C=O) groups excluding carboxylic acids is 2. The molecule has 112 valence electrons. The first-order valence-corrected chi connectivity index (χ1v) is 7.88. The Hall–Kier alpha value is -1.92. The molecule has 0 heterocycles. The second-order valence-corrected chi connectivity index (χ2v) is 6.20. The summed E-state index contributed by atoms with van der Waals surface area (Å²) >= 11 is 6.73. The zero-order valence-electron chi connectivity index (χ0n) is 11.3. The van der Waals surface area contributed by atoms with Gasteiger partial charge in [0.2, 0.25) is 11.8 Å². The molecule has 0 saturated heterocycles. The van der Waals surface area contributed by atoms with Crippen LogP contribution in [0, 0.1) is 0 Å². The van der Waals surface area contributed by atoms with Gasteiger partial charge in [-0.05, 0) is 57.9 Å². The maximum absolute atomic E-state index is 11.9. The highest BCUT2D eigenvalue weighted by Crippen LogP contribution is 2.26. The summed E-state index contributed by atoms with van der Waals surface area (Å²) in [7, 11) is 0. The molecule has 2 rings (SSSR count). The zero-order valence-corrected chi connectivity index (χ0v) is 14.5. The summed E-state index contributed by atoms with van der Waals surface area (Å²) in [4.78, 5) is 22.9. The largest absolute Gasteiger partial charge is 0.366 e. The summed E-state index contributed by atoms with van der Waals surface area (Å²) in [5.74, 6) is -0.731. The number of rotatable bonds is 4. The summed E-state index contributed by atoms with van der Waals surface area (Å²) in [6.45, 7) is 0. The number of amides is 2. The third-order valence-electron chi connectivity index (χ3n) is 2.81. The lowest BCUT2D eigenvalue weighted by atomic mass is 10.1.